The molecule has 3 aliphatic carbocycles. The minimum atomic E-state index is -1.11. The van der Waals surface area contributed by atoms with Gasteiger partial charge < -0.3 is 15.2 Å². The largest absolute Gasteiger partial charge is 0.493 e. The summed E-state index contributed by atoms with van der Waals surface area (Å²) in [6.45, 7) is 5.03. The fourth-order valence-electron chi connectivity index (χ4n) is 8.12. The molecule has 43 heavy (non-hydrogen) atoms. The van der Waals surface area contributed by atoms with Crippen LogP contribution in [0.4, 0.5) is 10.1 Å². The maximum absolute atomic E-state index is 14.6. The van der Waals surface area contributed by atoms with Crippen molar-refractivity contribution in [3.63, 3.8) is 0 Å². The Morgan fingerprint density at radius 2 is 1.98 bits per heavy atom. The Labute approximate surface area is 263 Å². The van der Waals surface area contributed by atoms with Crippen molar-refractivity contribution >= 4 is 34.9 Å². The minimum absolute atomic E-state index is 0.198. The molecular weight excluding hydrogens is 586 g/mol. The number of halogens is 3. The Hall–Kier alpha value is -2.83. The van der Waals surface area contributed by atoms with E-state index in [9.17, 15) is 14.3 Å². The standard InChI is InChI=1S/C35H39Cl2FN2O3/c1-21(20-43-30-11-16-39-29-8-3-5-22(2)31(29)30)17-23-18-26-27(9-10-28(38)32(26)37)34(23)12-14-35(15-13-34,33(41)42)40-25-7-4-6-24(36)19-25/h4,6-7,9-11,16,19,21-23,40H,3,5,8,12-15,17-18,20H2,1-2H3,(H,41,42)/t21-,22-,23?,34?,35?/m1/s1. The lowest BCUT2D eigenvalue weighted by Crippen LogP contribution is -2.53. The Bertz CT molecular complexity index is 1520. The summed E-state index contributed by atoms with van der Waals surface area (Å²) in [5, 5.41) is 14.5. The van der Waals surface area contributed by atoms with E-state index in [-0.39, 0.29) is 22.3 Å². The lowest BCUT2D eigenvalue weighted by Gasteiger charge is -2.47. The smallest absolute Gasteiger partial charge is 0.329 e. The number of rotatable bonds is 8. The monoisotopic (exact) mass is 624 g/mol. The normalized spacial score (nSPS) is 26.9. The van der Waals surface area contributed by atoms with Crippen molar-refractivity contribution < 1.29 is 19.0 Å². The molecule has 3 aromatic rings. The SMILES string of the molecule is C[C@@H](COc1ccnc2c1[C@H](C)CCC2)CC1Cc2c(ccc(F)c2Cl)C12CCC(Nc1cccc(Cl)c1)(C(=O)O)CC2. The molecule has 1 unspecified atom stereocenters. The van der Waals surface area contributed by atoms with Gasteiger partial charge in [-0.2, -0.15) is 0 Å². The number of benzene rings is 2. The summed E-state index contributed by atoms with van der Waals surface area (Å²) in [6, 6.07) is 12.5. The summed E-state index contributed by atoms with van der Waals surface area (Å²) < 4.78 is 21.1. The van der Waals surface area contributed by atoms with Gasteiger partial charge in [0.1, 0.15) is 17.1 Å². The highest BCUT2D eigenvalue weighted by Gasteiger charge is 2.54. The summed E-state index contributed by atoms with van der Waals surface area (Å²) in [5.74, 6) is 0.537. The molecule has 1 heterocycles. The molecule has 6 rings (SSSR count). The number of carboxylic acids is 1. The van der Waals surface area contributed by atoms with Crippen molar-refractivity contribution in [1.82, 2.24) is 4.98 Å². The van der Waals surface area contributed by atoms with Crippen LogP contribution in [0.1, 0.15) is 87.1 Å². The van der Waals surface area contributed by atoms with Gasteiger partial charge in [0.2, 0.25) is 0 Å². The molecule has 0 bridgehead atoms. The molecule has 0 amide bonds. The maximum atomic E-state index is 14.6. The maximum Gasteiger partial charge on any atom is 0.329 e. The molecule has 5 nitrogen and oxygen atoms in total. The van der Waals surface area contributed by atoms with Gasteiger partial charge >= 0.3 is 5.97 Å². The first-order valence-corrected chi connectivity index (χ1v) is 16.2. The van der Waals surface area contributed by atoms with Gasteiger partial charge in [-0.3, -0.25) is 4.98 Å². The van der Waals surface area contributed by atoms with Crippen LogP contribution in [0.3, 0.4) is 0 Å². The van der Waals surface area contributed by atoms with E-state index in [4.69, 9.17) is 27.9 Å². The third kappa shape index (κ3) is 5.62. The minimum Gasteiger partial charge on any atom is -0.493 e. The quantitative estimate of drug-likeness (QED) is 0.262. The second-order valence-electron chi connectivity index (χ2n) is 13.1. The van der Waals surface area contributed by atoms with E-state index in [0.717, 1.165) is 48.3 Å². The molecule has 8 heteroatoms. The van der Waals surface area contributed by atoms with Crippen molar-refractivity contribution in [2.45, 2.75) is 88.5 Å². The number of fused-ring (bicyclic) bond motifs is 3. The summed E-state index contributed by atoms with van der Waals surface area (Å²) in [7, 11) is 0. The second kappa shape index (κ2) is 11.9. The highest BCUT2D eigenvalue weighted by atomic mass is 35.5. The molecule has 1 aromatic heterocycles. The van der Waals surface area contributed by atoms with Gasteiger partial charge in [0.25, 0.3) is 0 Å². The van der Waals surface area contributed by atoms with Crippen LogP contribution < -0.4 is 10.1 Å². The molecule has 0 saturated heterocycles. The Morgan fingerprint density at radius 1 is 1.19 bits per heavy atom. The number of anilines is 1. The van der Waals surface area contributed by atoms with Crippen molar-refractivity contribution in [2.24, 2.45) is 11.8 Å². The van der Waals surface area contributed by atoms with Crippen molar-refractivity contribution in [2.75, 3.05) is 11.9 Å². The highest BCUT2D eigenvalue weighted by molar-refractivity contribution is 6.31. The van der Waals surface area contributed by atoms with Crippen LogP contribution in [0.25, 0.3) is 0 Å². The highest BCUT2D eigenvalue weighted by Crippen LogP contribution is 2.57. The first-order chi connectivity index (χ1) is 20.6. The Kier molecular flexibility index (Phi) is 8.38. The zero-order chi connectivity index (χ0) is 30.4. The van der Waals surface area contributed by atoms with Crippen LogP contribution in [0.2, 0.25) is 10.0 Å². The number of hydrogen-bond donors (Lipinski definition) is 2. The number of ether oxygens (including phenoxy) is 1. The van der Waals surface area contributed by atoms with Gasteiger partial charge in [-0.1, -0.05) is 49.2 Å². The molecule has 3 atom stereocenters. The molecule has 2 aromatic carbocycles. The first-order valence-electron chi connectivity index (χ1n) is 15.5. The fourth-order valence-corrected chi connectivity index (χ4v) is 8.55. The Balaban J connectivity index is 1.23. The van der Waals surface area contributed by atoms with Gasteiger partial charge in [-0.05, 0) is 122 Å². The van der Waals surface area contributed by atoms with Crippen LogP contribution in [-0.4, -0.2) is 28.2 Å². The molecule has 1 saturated carbocycles. The molecule has 228 valence electrons. The van der Waals surface area contributed by atoms with Crippen LogP contribution >= 0.6 is 23.2 Å². The summed E-state index contributed by atoms with van der Waals surface area (Å²) in [5.41, 5.74) is 3.66. The molecule has 1 fully saturated rings. The van der Waals surface area contributed by atoms with E-state index >= 15 is 0 Å². The first kappa shape index (κ1) is 30.2. The number of aryl methyl sites for hydroxylation is 1. The van der Waals surface area contributed by atoms with Crippen LogP contribution in [0, 0.1) is 17.7 Å². The number of carboxylic acid groups (broad SMARTS) is 1. The Morgan fingerprint density at radius 3 is 2.72 bits per heavy atom. The third-order valence-electron chi connectivity index (χ3n) is 10.4. The van der Waals surface area contributed by atoms with E-state index in [0.29, 0.717) is 55.3 Å². The lowest BCUT2D eigenvalue weighted by molar-refractivity contribution is -0.144. The van der Waals surface area contributed by atoms with E-state index in [1.54, 1.807) is 12.1 Å². The zero-order valence-electron chi connectivity index (χ0n) is 24.8. The molecule has 1 spiro atoms. The van der Waals surface area contributed by atoms with Crippen LogP contribution in [0.15, 0.2) is 48.7 Å². The lowest BCUT2D eigenvalue weighted by atomic mass is 9.59. The number of hydrogen-bond acceptors (Lipinski definition) is 4. The van der Waals surface area contributed by atoms with Crippen LogP contribution in [0.5, 0.6) is 5.75 Å². The summed E-state index contributed by atoms with van der Waals surface area (Å²) in [4.78, 5) is 17.3. The predicted molar refractivity (Wildman–Crippen MR) is 169 cm³/mol. The average Bonchev–Trinajstić information content (AvgIpc) is 3.28. The summed E-state index contributed by atoms with van der Waals surface area (Å²) >= 11 is 12.8. The van der Waals surface area contributed by atoms with Crippen LogP contribution in [-0.2, 0) is 23.1 Å². The number of nitrogens with one attached hydrogen (secondary N) is 1. The predicted octanol–water partition coefficient (Wildman–Crippen LogP) is 8.99. The molecular formula is C35H39Cl2FN2O3. The van der Waals surface area contributed by atoms with Crippen molar-refractivity contribution in [3.8, 4) is 5.75 Å². The molecule has 2 N–H and O–H groups in total. The molecule has 3 aliphatic rings. The van der Waals surface area contributed by atoms with Gasteiger partial charge in [0, 0.05) is 28.2 Å². The van der Waals surface area contributed by atoms with E-state index in [2.05, 4.69) is 24.1 Å². The summed E-state index contributed by atoms with van der Waals surface area (Å²) in [6.07, 6.45) is 8.90. The number of nitrogens with zero attached hydrogens (tertiary/aromatic N) is 1. The van der Waals surface area contributed by atoms with Crippen molar-refractivity contribution in [1.29, 1.82) is 0 Å². The topological polar surface area (TPSA) is 71.5 Å². The second-order valence-corrected chi connectivity index (χ2v) is 13.9. The number of aliphatic carboxylic acids is 1. The van der Waals surface area contributed by atoms with E-state index < -0.39 is 17.3 Å². The number of pyridine rings is 1. The average molecular weight is 626 g/mol. The number of aromatic nitrogens is 1. The van der Waals surface area contributed by atoms with Gasteiger partial charge in [0.15, 0.2) is 0 Å². The fraction of sp³-hybridized carbons (Fsp3) is 0.486. The molecule has 0 radical (unpaired) electrons. The number of carbonyl (C=O) groups is 1. The van der Waals surface area contributed by atoms with Gasteiger partial charge in [0.05, 0.1) is 11.6 Å². The van der Waals surface area contributed by atoms with E-state index in [1.807, 2.05) is 30.5 Å². The van der Waals surface area contributed by atoms with Gasteiger partial charge in [-0.25, -0.2) is 9.18 Å². The zero-order valence-corrected chi connectivity index (χ0v) is 26.3. The third-order valence-corrected chi connectivity index (χ3v) is 11.0. The van der Waals surface area contributed by atoms with Crippen molar-refractivity contribution in [3.05, 3.63) is 86.9 Å². The molecule has 0 aliphatic heterocycles. The van der Waals surface area contributed by atoms with Gasteiger partial charge in [-0.15, -0.1) is 0 Å². The van der Waals surface area contributed by atoms with E-state index in [1.165, 1.54) is 11.6 Å².